The molecule has 0 aromatic heterocycles. The molecule has 2 unspecified atom stereocenters. The minimum absolute atomic E-state index is 0.00101. The minimum Gasteiger partial charge on any atom is -0.349 e. The van der Waals surface area contributed by atoms with E-state index in [9.17, 15) is 14.0 Å². The maximum absolute atomic E-state index is 13.1. The third kappa shape index (κ3) is 4.97. The summed E-state index contributed by atoms with van der Waals surface area (Å²) in [7, 11) is 0. The maximum atomic E-state index is 13.1. The van der Waals surface area contributed by atoms with Gasteiger partial charge in [0, 0.05) is 18.7 Å². The Morgan fingerprint density at radius 1 is 1.14 bits per heavy atom. The molecule has 0 saturated carbocycles. The predicted octanol–water partition coefficient (Wildman–Crippen LogP) is 4.34. The molecule has 148 valence electrons. The molecular weight excluding hydrogens is 355 g/mol. The van der Waals surface area contributed by atoms with Crippen LogP contribution < -0.4 is 5.32 Å². The number of benzene rings is 2. The molecule has 28 heavy (non-hydrogen) atoms. The lowest BCUT2D eigenvalue weighted by Gasteiger charge is -2.33. The molecule has 1 saturated heterocycles. The number of nitrogens with zero attached hydrogens (tertiary/aromatic N) is 1. The van der Waals surface area contributed by atoms with Gasteiger partial charge in [-0.05, 0) is 49.1 Å². The van der Waals surface area contributed by atoms with E-state index in [-0.39, 0.29) is 29.6 Å². The Morgan fingerprint density at radius 2 is 1.86 bits per heavy atom. The summed E-state index contributed by atoms with van der Waals surface area (Å²) in [4.78, 5) is 27.3. The molecule has 0 spiro atoms. The highest BCUT2D eigenvalue weighted by molar-refractivity contribution is 5.94. The summed E-state index contributed by atoms with van der Waals surface area (Å²) in [6.45, 7) is 3.12. The van der Waals surface area contributed by atoms with Crippen LogP contribution in [0.15, 0.2) is 54.6 Å². The van der Waals surface area contributed by atoms with Gasteiger partial charge in [-0.2, -0.15) is 0 Å². The molecule has 1 aliphatic heterocycles. The number of carbonyl (C=O) groups excluding carboxylic acids is 2. The van der Waals surface area contributed by atoms with Gasteiger partial charge in [-0.15, -0.1) is 0 Å². The van der Waals surface area contributed by atoms with Crippen LogP contribution >= 0.6 is 0 Å². The molecule has 2 amide bonds. The Hall–Kier alpha value is -2.69. The van der Waals surface area contributed by atoms with Gasteiger partial charge in [-0.25, -0.2) is 4.39 Å². The van der Waals surface area contributed by atoms with Gasteiger partial charge < -0.3 is 10.2 Å². The number of hydrogen-bond donors (Lipinski definition) is 1. The number of piperidine rings is 1. The van der Waals surface area contributed by atoms with E-state index in [1.54, 1.807) is 4.90 Å². The van der Waals surface area contributed by atoms with Crippen LogP contribution in [-0.4, -0.2) is 29.8 Å². The Labute approximate surface area is 165 Å². The van der Waals surface area contributed by atoms with Gasteiger partial charge in [0.05, 0.1) is 12.0 Å². The van der Waals surface area contributed by atoms with Crippen molar-refractivity contribution >= 4 is 11.8 Å². The summed E-state index contributed by atoms with van der Waals surface area (Å²) in [5.41, 5.74) is 1.56. The molecule has 1 N–H and O–H groups in total. The lowest BCUT2D eigenvalue weighted by molar-refractivity contribution is -0.127. The van der Waals surface area contributed by atoms with E-state index < -0.39 is 0 Å². The van der Waals surface area contributed by atoms with Crippen LogP contribution in [0.3, 0.4) is 0 Å². The second kappa shape index (κ2) is 9.49. The predicted molar refractivity (Wildman–Crippen MR) is 107 cm³/mol. The van der Waals surface area contributed by atoms with Crippen molar-refractivity contribution in [1.29, 1.82) is 0 Å². The zero-order valence-corrected chi connectivity index (χ0v) is 16.2. The van der Waals surface area contributed by atoms with E-state index in [0.717, 1.165) is 31.2 Å². The third-order valence-electron chi connectivity index (χ3n) is 5.27. The van der Waals surface area contributed by atoms with Crippen molar-refractivity contribution in [3.8, 4) is 0 Å². The molecule has 1 fully saturated rings. The van der Waals surface area contributed by atoms with Gasteiger partial charge in [0.25, 0.3) is 5.91 Å². The highest BCUT2D eigenvalue weighted by Gasteiger charge is 2.30. The van der Waals surface area contributed by atoms with Gasteiger partial charge >= 0.3 is 0 Å². The average molecular weight is 382 g/mol. The molecule has 1 aliphatic rings. The first-order valence-corrected chi connectivity index (χ1v) is 9.98. The monoisotopic (exact) mass is 382 g/mol. The van der Waals surface area contributed by atoms with Crippen molar-refractivity contribution < 1.29 is 14.0 Å². The molecule has 1 heterocycles. The van der Waals surface area contributed by atoms with E-state index in [4.69, 9.17) is 0 Å². The largest absolute Gasteiger partial charge is 0.349 e. The van der Waals surface area contributed by atoms with Crippen LogP contribution in [0, 0.1) is 11.7 Å². The highest BCUT2D eigenvalue weighted by Crippen LogP contribution is 2.23. The SMILES string of the molecule is CCCC(NC(=O)C1CCCN(C(=O)c2ccc(F)cc2)C1)c1ccccc1. The molecule has 2 aromatic carbocycles. The fraction of sp³-hybridized carbons (Fsp3) is 0.391. The van der Waals surface area contributed by atoms with Crippen LogP contribution in [0.5, 0.6) is 0 Å². The molecule has 2 aromatic rings. The number of halogens is 1. The lowest BCUT2D eigenvalue weighted by Crippen LogP contribution is -2.46. The summed E-state index contributed by atoms with van der Waals surface area (Å²) in [6.07, 6.45) is 3.40. The number of hydrogen-bond acceptors (Lipinski definition) is 2. The first kappa shape index (κ1) is 20.1. The Balaban J connectivity index is 1.64. The van der Waals surface area contributed by atoms with Crippen LogP contribution in [0.1, 0.15) is 54.6 Å². The summed E-state index contributed by atoms with van der Waals surface area (Å²) >= 11 is 0. The van der Waals surface area contributed by atoms with Gasteiger partial charge in [0.15, 0.2) is 0 Å². The zero-order valence-electron chi connectivity index (χ0n) is 16.2. The van der Waals surface area contributed by atoms with Crippen LogP contribution in [0.4, 0.5) is 4.39 Å². The maximum Gasteiger partial charge on any atom is 0.253 e. The molecule has 0 bridgehead atoms. The van der Waals surface area contributed by atoms with Crippen molar-refractivity contribution in [2.24, 2.45) is 5.92 Å². The molecule has 2 atom stereocenters. The second-order valence-corrected chi connectivity index (χ2v) is 7.36. The first-order valence-electron chi connectivity index (χ1n) is 9.98. The molecular formula is C23H27FN2O2. The molecule has 0 aliphatic carbocycles. The number of likely N-dealkylation sites (tertiary alicyclic amines) is 1. The Morgan fingerprint density at radius 3 is 2.54 bits per heavy atom. The molecule has 0 radical (unpaired) electrons. The third-order valence-corrected chi connectivity index (χ3v) is 5.27. The van der Waals surface area contributed by atoms with E-state index >= 15 is 0 Å². The number of nitrogens with one attached hydrogen (secondary N) is 1. The van der Waals surface area contributed by atoms with Crippen molar-refractivity contribution in [2.45, 2.75) is 38.6 Å². The number of rotatable bonds is 6. The summed E-state index contributed by atoms with van der Waals surface area (Å²) in [5, 5.41) is 3.18. The molecule has 4 nitrogen and oxygen atoms in total. The fourth-order valence-electron chi connectivity index (χ4n) is 3.74. The minimum atomic E-state index is -0.365. The topological polar surface area (TPSA) is 49.4 Å². The zero-order chi connectivity index (χ0) is 19.9. The van der Waals surface area contributed by atoms with Gasteiger partial charge in [0.2, 0.25) is 5.91 Å². The first-order chi connectivity index (χ1) is 13.6. The van der Waals surface area contributed by atoms with Gasteiger partial charge in [-0.3, -0.25) is 9.59 Å². The highest BCUT2D eigenvalue weighted by atomic mass is 19.1. The van der Waals surface area contributed by atoms with Crippen molar-refractivity contribution in [3.05, 3.63) is 71.5 Å². The van der Waals surface area contributed by atoms with Crippen LogP contribution in [-0.2, 0) is 4.79 Å². The standard InChI is InChI=1S/C23H27FN2O2/c1-2-7-21(17-8-4-3-5-9-17)25-22(27)19-10-6-15-26(16-19)23(28)18-11-13-20(24)14-12-18/h3-5,8-9,11-14,19,21H,2,6-7,10,15-16H2,1H3,(H,25,27). The summed E-state index contributed by atoms with van der Waals surface area (Å²) < 4.78 is 13.1. The van der Waals surface area contributed by atoms with Crippen molar-refractivity contribution in [1.82, 2.24) is 10.2 Å². The lowest BCUT2D eigenvalue weighted by atomic mass is 9.95. The Bertz CT molecular complexity index is 792. The summed E-state index contributed by atoms with van der Waals surface area (Å²) in [6, 6.07) is 15.5. The van der Waals surface area contributed by atoms with Gasteiger partial charge in [0.1, 0.15) is 5.82 Å². The quantitative estimate of drug-likeness (QED) is 0.808. The number of carbonyl (C=O) groups is 2. The van der Waals surface area contributed by atoms with E-state index in [1.165, 1.54) is 24.3 Å². The van der Waals surface area contributed by atoms with Crippen molar-refractivity contribution in [2.75, 3.05) is 13.1 Å². The van der Waals surface area contributed by atoms with Gasteiger partial charge in [-0.1, -0.05) is 43.7 Å². The molecule has 3 rings (SSSR count). The average Bonchev–Trinajstić information content (AvgIpc) is 2.74. The van der Waals surface area contributed by atoms with E-state index in [2.05, 4.69) is 12.2 Å². The van der Waals surface area contributed by atoms with Crippen LogP contribution in [0.2, 0.25) is 0 Å². The second-order valence-electron chi connectivity index (χ2n) is 7.36. The molecule has 5 heteroatoms. The normalized spacial score (nSPS) is 17.8. The van der Waals surface area contributed by atoms with Crippen molar-refractivity contribution in [3.63, 3.8) is 0 Å². The number of amides is 2. The summed E-state index contributed by atoms with van der Waals surface area (Å²) in [5.74, 6) is -0.735. The smallest absolute Gasteiger partial charge is 0.253 e. The fourth-order valence-corrected chi connectivity index (χ4v) is 3.74. The van der Waals surface area contributed by atoms with E-state index in [1.807, 2.05) is 30.3 Å². The van der Waals surface area contributed by atoms with Crippen LogP contribution in [0.25, 0.3) is 0 Å². The van der Waals surface area contributed by atoms with E-state index in [0.29, 0.717) is 18.7 Å². The Kier molecular flexibility index (Phi) is 6.80.